The van der Waals surface area contributed by atoms with Gasteiger partial charge in [0.15, 0.2) is 0 Å². The van der Waals surface area contributed by atoms with Crippen molar-refractivity contribution < 1.29 is 9.09 Å². The second-order valence-electron chi connectivity index (χ2n) is 2.81. The molecule has 0 aliphatic heterocycles. The molecule has 7 heteroatoms. The van der Waals surface area contributed by atoms with Crippen molar-refractivity contribution in [1.82, 2.24) is 4.67 Å². The predicted molar refractivity (Wildman–Crippen MR) is 65.6 cm³/mol. The second-order valence-corrected chi connectivity index (χ2v) is 5.51. The fraction of sp³-hybridized carbons (Fsp3) is 0.750. The standard InChI is InChI=1S/C8H17Cl2N2O2P/c1-2-3-8-14-15(11,13)12(6-4-9)7-5-10/h2H,1,3-8H2,(H2,11,13). The van der Waals surface area contributed by atoms with Crippen molar-refractivity contribution in [1.29, 1.82) is 0 Å². The van der Waals surface area contributed by atoms with Gasteiger partial charge in [-0.05, 0) is 6.42 Å². The molecule has 2 N–H and O–H groups in total. The first-order valence-corrected chi connectivity index (χ1v) is 7.31. The van der Waals surface area contributed by atoms with E-state index in [2.05, 4.69) is 6.58 Å². The Morgan fingerprint density at radius 3 is 2.33 bits per heavy atom. The van der Waals surface area contributed by atoms with Gasteiger partial charge in [0.2, 0.25) is 0 Å². The minimum atomic E-state index is -3.25. The zero-order chi connectivity index (χ0) is 11.7. The van der Waals surface area contributed by atoms with Gasteiger partial charge in [-0.1, -0.05) is 6.08 Å². The SMILES string of the molecule is C=CCCOP(N)(=O)N(CCCl)CCCl. The zero-order valence-electron chi connectivity index (χ0n) is 8.57. The van der Waals surface area contributed by atoms with Gasteiger partial charge >= 0.3 is 7.67 Å². The van der Waals surface area contributed by atoms with E-state index in [1.165, 1.54) is 4.67 Å². The fourth-order valence-electron chi connectivity index (χ4n) is 0.934. The van der Waals surface area contributed by atoms with Gasteiger partial charge in [-0.25, -0.2) is 10.2 Å². The normalized spacial score (nSPS) is 15.2. The average Bonchev–Trinajstić information content (AvgIpc) is 2.18. The first-order valence-electron chi connectivity index (χ1n) is 4.60. The number of alkyl halides is 2. The number of hydrogen-bond donors (Lipinski definition) is 1. The summed E-state index contributed by atoms with van der Waals surface area (Å²) in [5.74, 6) is 0.672. The van der Waals surface area contributed by atoms with E-state index in [1.54, 1.807) is 6.08 Å². The molecule has 0 saturated heterocycles. The van der Waals surface area contributed by atoms with E-state index in [9.17, 15) is 4.57 Å². The minimum absolute atomic E-state index is 0.290. The average molecular weight is 275 g/mol. The molecule has 0 bridgehead atoms. The van der Waals surface area contributed by atoms with E-state index < -0.39 is 7.67 Å². The number of halogens is 2. The van der Waals surface area contributed by atoms with Crippen LogP contribution in [0.2, 0.25) is 0 Å². The third-order valence-electron chi connectivity index (χ3n) is 1.68. The zero-order valence-corrected chi connectivity index (χ0v) is 11.0. The maximum Gasteiger partial charge on any atom is 0.340 e. The van der Waals surface area contributed by atoms with E-state index in [-0.39, 0.29) is 0 Å². The molecular weight excluding hydrogens is 258 g/mol. The van der Waals surface area contributed by atoms with Crippen LogP contribution in [0, 0.1) is 0 Å². The lowest BCUT2D eigenvalue weighted by Gasteiger charge is -2.26. The molecule has 0 saturated carbocycles. The summed E-state index contributed by atoms with van der Waals surface area (Å²) in [6.45, 7) is 4.62. The molecule has 0 radical (unpaired) electrons. The molecule has 0 heterocycles. The van der Waals surface area contributed by atoms with Crippen LogP contribution in [-0.2, 0) is 9.09 Å². The van der Waals surface area contributed by atoms with Crippen LogP contribution in [0.15, 0.2) is 12.7 Å². The fourth-order valence-corrected chi connectivity index (χ4v) is 2.87. The highest BCUT2D eigenvalue weighted by molar-refractivity contribution is 7.53. The Kier molecular flexibility index (Phi) is 8.81. The smallest absolute Gasteiger partial charge is 0.306 e. The van der Waals surface area contributed by atoms with E-state index in [0.717, 1.165) is 0 Å². The molecule has 1 unspecified atom stereocenters. The third-order valence-corrected chi connectivity index (χ3v) is 3.76. The topological polar surface area (TPSA) is 55.6 Å². The monoisotopic (exact) mass is 274 g/mol. The molecule has 0 aromatic carbocycles. The highest BCUT2D eigenvalue weighted by Gasteiger charge is 2.25. The van der Waals surface area contributed by atoms with Crippen LogP contribution in [0.25, 0.3) is 0 Å². The van der Waals surface area contributed by atoms with Crippen molar-refractivity contribution in [2.24, 2.45) is 5.50 Å². The Labute approximate surface area is 101 Å². The molecule has 0 aliphatic carbocycles. The van der Waals surface area contributed by atoms with E-state index in [1.807, 2.05) is 0 Å². The molecule has 0 aliphatic rings. The van der Waals surface area contributed by atoms with Crippen LogP contribution < -0.4 is 5.50 Å². The predicted octanol–water partition coefficient (Wildman–Crippen LogP) is 2.43. The lowest BCUT2D eigenvalue weighted by molar-refractivity contribution is 0.270. The van der Waals surface area contributed by atoms with Gasteiger partial charge in [-0.15, -0.1) is 29.8 Å². The van der Waals surface area contributed by atoms with Crippen LogP contribution in [0.4, 0.5) is 0 Å². The third kappa shape index (κ3) is 6.56. The van der Waals surface area contributed by atoms with Crippen molar-refractivity contribution >= 4 is 30.9 Å². The van der Waals surface area contributed by atoms with Crippen LogP contribution in [0.3, 0.4) is 0 Å². The summed E-state index contributed by atoms with van der Waals surface area (Å²) < 4.78 is 18.5. The van der Waals surface area contributed by atoms with Crippen LogP contribution in [-0.4, -0.2) is 36.1 Å². The van der Waals surface area contributed by atoms with E-state index in [4.69, 9.17) is 33.2 Å². The highest BCUT2D eigenvalue weighted by Crippen LogP contribution is 2.42. The number of hydrogen-bond acceptors (Lipinski definition) is 2. The van der Waals surface area contributed by atoms with E-state index in [0.29, 0.717) is 37.9 Å². The molecule has 90 valence electrons. The number of nitrogens with zero attached hydrogens (tertiary/aromatic N) is 1. The summed E-state index contributed by atoms with van der Waals surface area (Å²) in [5.41, 5.74) is 5.58. The summed E-state index contributed by atoms with van der Waals surface area (Å²) in [7, 11) is -3.25. The minimum Gasteiger partial charge on any atom is -0.306 e. The van der Waals surface area contributed by atoms with Gasteiger partial charge in [0.25, 0.3) is 0 Å². The summed E-state index contributed by atoms with van der Waals surface area (Å²) in [6.07, 6.45) is 2.28. The van der Waals surface area contributed by atoms with Crippen molar-refractivity contribution in [3.63, 3.8) is 0 Å². The molecular formula is C8H17Cl2N2O2P. The van der Waals surface area contributed by atoms with Crippen LogP contribution in [0.5, 0.6) is 0 Å². The lowest BCUT2D eigenvalue weighted by Crippen LogP contribution is -2.29. The van der Waals surface area contributed by atoms with Crippen molar-refractivity contribution in [3.8, 4) is 0 Å². The van der Waals surface area contributed by atoms with Gasteiger partial charge in [0, 0.05) is 24.8 Å². The molecule has 0 aromatic rings. The summed E-state index contributed by atoms with van der Waals surface area (Å²) in [6, 6.07) is 0. The number of rotatable bonds is 9. The quantitative estimate of drug-likeness (QED) is 0.304. The molecule has 0 aromatic heterocycles. The Morgan fingerprint density at radius 2 is 1.93 bits per heavy atom. The summed E-state index contributed by atoms with van der Waals surface area (Å²) in [5, 5.41) is 0. The second kappa shape index (κ2) is 8.57. The summed E-state index contributed by atoms with van der Waals surface area (Å²) >= 11 is 11.1. The molecule has 0 amide bonds. The summed E-state index contributed by atoms with van der Waals surface area (Å²) in [4.78, 5) is 0. The van der Waals surface area contributed by atoms with Crippen molar-refractivity contribution in [3.05, 3.63) is 12.7 Å². The Morgan fingerprint density at radius 1 is 1.40 bits per heavy atom. The van der Waals surface area contributed by atoms with Gasteiger partial charge in [0.05, 0.1) is 6.61 Å². The van der Waals surface area contributed by atoms with Crippen LogP contribution >= 0.6 is 30.9 Å². The van der Waals surface area contributed by atoms with Gasteiger partial charge in [-0.2, -0.15) is 0 Å². The molecule has 0 fully saturated rings. The first kappa shape index (κ1) is 15.4. The van der Waals surface area contributed by atoms with E-state index >= 15 is 0 Å². The first-order chi connectivity index (χ1) is 7.08. The Balaban J connectivity index is 4.21. The highest BCUT2D eigenvalue weighted by atomic mass is 35.5. The molecule has 1 atom stereocenters. The van der Waals surface area contributed by atoms with Crippen molar-refractivity contribution in [2.45, 2.75) is 6.42 Å². The largest absolute Gasteiger partial charge is 0.340 e. The maximum absolute atomic E-state index is 11.9. The van der Waals surface area contributed by atoms with Gasteiger partial charge in [0.1, 0.15) is 0 Å². The molecule has 15 heavy (non-hydrogen) atoms. The van der Waals surface area contributed by atoms with Crippen LogP contribution in [0.1, 0.15) is 6.42 Å². The lowest BCUT2D eigenvalue weighted by atomic mass is 10.5. The molecule has 0 rings (SSSR count). The number of nitrogens with two attached hydrogens (primary N) is 1. The molecule has 4 nitrogen and oxygen atoms in total. The molecule has 0 spiro atoms. The maximum atomic E-state index is 11.9. The Bertz CT molecular complexity index is 223. The Hall–Kier alpha value is 0.430. The van der Waals surface area contributed by atoms with Crippen molar-refractivity contribution in [2.75, 3.05) is 31.5 Å². The van der Waals surface area contributed by atoms with Gasteiger partial charge < -0.3 is 4.52 Å². The van der Waals surface area contributed by atoms with Gasteiger partial charge in [-0.3, -0.25) is 4.57 Å².